The van der Waals surface area contributed by atoms with Crippen LogP contribution >= 0.6 is 0 Å². The van der Waals surface area contributed by atoms with Crippen LogP contribution in [0.15, 0.2) is 24.4 Å². The van der Waals surface area contributed by atoms with E-state index in [1.807, 2.05) is 19.9 Å². The third-order valence-electron chi connectivity index (χ3n) is 3.04. The molecule has 0 saturated heterocycles. The fourth-order valence-electron chi connectivity index (χ4n) is 2.19. The van der Waals surface area contributed by atoms with Crippen LogP contribution in [0.25, 0.3) is 10.9 Å². The molecule has 0 spiro atoms. The highest BCUT2D eigenvalue weighted by atomic mass is 16.5. The van der Waals surface area contributed by atoms with E-state index in [1.165, 1.54) is 10.9 Å². The average molecular weight is 262 g/mol. The van der Waals surface area contributed by atoms with E-state index in [-0.39, 0.29) is 0 Å². The van der Waals surface area contributed by atoms with Crippen LogP contribution in [0.3, 0.4) is 0 Å². The van der Waals surface area contributed by atoms with Crippen LogP contribution in [0.1, 0.15) is 20.3 Å². The van der Waals surface area contributed by atoms with Crippen molar-refractivity contribution in [1.29, 1.82) is 0 Å². The Labute approximate surface area is 114 Å². The molecule has 4 nitrogen and oxygen atoms in total. The van der Waals surface area contributed by atoms with E-state index in [0.29, 0.717) is 19.8 Å². The molecule has 0 saturated carbocycles. The molecule has 1 heterocycles. The summed E-state index contributed by atoms with van der Waals surface area (Å²) in [7, 11) is 0. The summed E-state index contributed by atoms with van der Waals surface area (Å²) in [5, 5.41) is 1.17. The number of rotatable bonds is 7. The van der Waals surface area contributed by atoms with Gasteiger partial charge in [0.15, 0.2) is 11.5 Å². The highest BCUT2D eigenvalue weighted by Crippen LogP contribution is 2.33. The van der Waals surface area contributed by atoms with Gasteiger partial charge >= 0.3 is 0 Å². The summed E-state index contributed by atoms with van der Waals surface area (Å²) < 4.78 is 13.5. The summed E-state index contributed by atoms with van der Waals surface area (Å²) in [5.41, 5.74) is 6.74. The van der Waals surface area contributed by atoms with Crippen LogP contribution in [-0.4, -0.2) is 24.3 Å². The van der Waals surface area contributed by atoms with Gasteiger partial charge in [0.05, 0.1) is 18.7 Å². The van der Waals surface area contributed by atoms with Gasteiger partial charge < -0.3 is 19.8 Å². The Morgan fingerprint density at radius 3 is 2.42 bits per heavy atom. The molecule has 0 amide bonds. The van der Waals surface area contributed by atoms with Crippen LogP contribution in [0.5, 0.6) is 11.5 Å². The topological polar surface area (TPSA) is 49.4 Å². The van der Waals surface area contributed by atoms with Crippen molar-refractivity contribution in [2.45, 2.75) is 26.8 Å². The van der Waals surface area contributed by atoms with Crippen LogP contribution in [0, 0.1) is 0 Å². The number of nitrogens with zero attached hydrogens (tertiary/aromatic N) is 1. The van der Waals surface area contributed by atoms with E-state index in [1.54, 1.807) is 0 Å². The number of aromatic nitrogens is 1. The number of hydrogen-bond donors (Lipinski definition) is 1. The van der Waals surface area contributed by atoms with Gasteiger partial charge in [-0.1, -0.05) is 0 Å². The Hall–Kier alpha value is -1.68. The first-order valence-electron chi connectivity index (χ1n) is 6.88. The average Bonchev–Trinajstić information content (AvgIpc) is 2.79. The van der Waals surface area contributed by atoms with Gasteiger partial charge in [0, 0.05) is 24.2 Å². The molecule has 2 N–H and O–H groups in total. The quantitative estimate of drug-likeness (QED) is 0.834. The standard InChI is InChI=1S/C15H22N2O2/c1-3-18-14-10-12-6-9-17(8-5-7-16)13(12)11-15(14)19-4-2/h6,9-11H,3-5,7-8,16H2,1-2H3. The molecule has 2 rings (SSSR count). The maximum absolute atomic E-state index is 5.66. The molecule has 0 fully saturated rings. The Morgan fingerprint density at radius 2 is 1.79 bits per heavy atom. The first-order chi connectivity index (χ1) is 9.30. The molecule has 0 aliphatic carbocycles. The molecule has 0 atom stereocenters. The third-order valence-corrected chi connectivity index (χ3v) is 3.04. The minimum Gasteiger partial charge on any atom is -0.490 e. The number of nitrogens with two attached hydrogens (primary N) is 1. The Morgan fingerprint density at radius 1 is 1.11 bits per heavy atom. The van der Waals surface area contributed by atoms with Crippen molar-refractivity contribution < 1.29 is 9.47 Å². The summed E-state index contributed by atoms with van der Waals surface area (Å²) >= 11 is 0. The maximum Gasteiger partial charge on any atom is 0.163 e. The minimum atomic E-state index is 0.634. The van der Waals surface area contributed by atoms with Crippen LogP contribution in [-0.2, 0) is 6.54 Å². The van der Waals surface area contributed by atoms with E-state index in [4.69, 9.17) is 15.2 Å². The van der Waals surface area contributed by atoms with Gasteiger partial charge in [0.1, 0.15) is 0 Å². The van der Waals surface area contributed by atoms with Crippen molar-refractivity contribution in [1.82, 2.24) is 4.57 Å². The Kier molecular flexibility index (Phi) is 4.68. The lowest BCUT2D eigenvalue weighted by molar-refractivity contribution is 0.288. The Bertz CT molecular complexity index is 534. The number of hydrogen-bond acceptors (Lipinski definition) is 3. The van der Waals surface area contributed by atoms with E-state index in [9.17, 15) is 0 Å². The van der Waals surface area contributed by atoms with Gasteiger partial charge in [-0.15, -0.1) is 0 Å². The monoisotopic (exact) mass is 262 g/mol. The first-order valence-corrected chi connectivity index (χ1v) is 6.88. The van der Waals surface area contributed by atoms with Gasteiger partial charge in [-0.3, -0.25) is 0 Å². The fourth-order valence-corrected chi connectivity index (χ4v) is 2.19. The van der Waals surface area contributed by atoms with Gasteiger partial charge in [-0.25, -0.2) is 0 Å². The summed E-state index contributed by atoms with van der Waals surface area (Å²) in [5.74, 6) is 1.62. The van der Waals surface area contributed by atoms with E-state index >= 15 is 0 Å². The van der Waals surface area contributed by atoms with Crippen molar-refractivity contribution >= 4 is 10.9 Å². The SMILES string of the molecule is CCOc1cc2ccn(CCCN)c2cc1OCC. The molecule has 0 unspecified atom stereocenters. The zero-order valence-corrected chi connectivity index (χ0v) is 11.7. The van der Waals surface area contributed by atoms with Crippen molar-refractivity contribution in [3.05, 3.63) is 24.4 Å². The molecule has 0 aliphatic heterocycles. The molecule has 19 heavy (non-hydrogen) atoms. The van der Waals surface area contributed by atoms with E-state index < -0.39 is 0 Å². The van der Waals surface area contributed by atoms with Crippen LogP contribution in [0.2, 0.25) is 0 Å². The number of ether oxygens (including phenoxy) is 2. The lowest BCUT2D eigenvalue weighted by Gasteiger charge is -2.12. The minimum absolute atomic E-state index is 0.634. The third kappa shape index (κ3) is 3.01. The predicted octanol–water partition coefficient (Wildman–Crippen LogP) is 2.79. The molecule has 0 aliphatic rings. The number of fused-ring (bicyclic) bond motifs is 1. The summed E-state index contributed by atoms with van der Waals surface area (Å²) in [4.78, 5) is 0. The second kappa shape index (κ2) is 6.48. The number of aryl methyl sites for hydroxylation is 1. The molecule has 1 aromatic carbocycles. The summed E-state index contributed by atoms with van der Waals surface area (Å²) in [6.45, 7) is 6.86. The van der Waals surface area contributed by atoms with Gasteiger partial charge in [-0.05, 0) is 38.9 Å². The van der Waals surface area contributed by atoms with E-state index in [2.05, 4.69) is 22.9 Å². The molecular formula is C15H22N2O2. The molecular weight excluding hydrogens is 240 g/mol. The Balaban J connectivity index is 2.40. The smallest absolute Gasteiger partial charge is 0.163 e. The molecule has 0 radical (unpaired) electrons. The molecule has 4 heteroatoms. The van der Waals surface area contributed by atoms with Crippen molar-refractivity contribution in [3.63, 3.8) is 0 Å². The zero-order valence-electron chi connectivity index (χ0n) is 11.7. The lowest BCUT2D eigenvalue weighted by atomic mass is 10.2. The van der Waals surface area contributed by atoms with Crippen molar-refractivity contribution in [2.75, 3.05) is 19.8 Å². The highest BCUT2D eigenvalue weighted by molar-refractivity contribution is 5.84. The van der Waals surface area contributed by atoms with Crippen LogP contribution < -0.4 is 15.2 Å². The maximum atomic E-state index is 5.66. The second-order valence-corrected chi connectivity index (χ2v) is 4.38. The van der Waals surface area contributed by atoms with Gasteiger partial charge in [0.25, 0.3) is 0 Å². The van der Waals surface area contributed by atoms with Crippen molar-refractivity contribution in [3.8, 4) is 11.5 Å². The summed E-state index contributed by atoms with van der Waals surface area (Å²) in [6.07, 6.45) is 3.06. The molecule has 1 aromatic heterocycles. The van der Waals surface area contributed by atoms with Crippen molar-refractivity contribution in [2.24, 2.45) is 5.73 Å². The molecule has 0 bridgehead atoms. The zero-order chi connectivity index (χ0) is 13.7. The predicted molar refractivity (Wildman–Crippen MR) is 77.9 cm³/mol. The van der Waals surface area contributed by atoms with E-state index in [0.717, 1.165) is 24.5 Å². The largest absolute Gasteiger partial charge is 0.490 e. The highest BCUT2D eigenvalue weighted by Gasteiger charge is 2.10. The van der Waals surface area contributed by atoms with Gasteiger partial charge in [-0.2, -0.15) is 0 Å². The normalized spacial score (nSPS) is 10.9. The second-order valence-electron chi connectivity index (χ2n) is 4.38. The van der Waals surface area contributed by atoms with Gasteiger partial charge in [0.2, 0.25) is 0 Å². The fraction of sp³-hybridized carbons (Fsp3) is 0.467. The summed E-state index contributed by atoms with van der Waals surface area (Å²) in [6, 6.07) is 6.20. The lowest BCUT2D eigenvalue weighted by Crippen LogP contribution is -2.05. The number of benzene rings is 1. The molecule has 104 valence electrons. The van der Waals surface area contributed by atoms with Crippen LogP contribution in [0.4, 0.5) is 0 Å². The first kappa shape index (κ1) is 13.7. The molecule has 2 aromatic rings.